The minimum Gasteiger partial charge on any atom is -0.467 e. The van der Waals surface area contributed by atoms with Gasteiger partial charge >= 0.3 is 5.97 Å². The number of nitriles is 1. The maximum atomic E-state index is 11.6. The lowest BCUT2D eigenvalue weighted by Crippen LogP contribution is -2.55. The molecular weight excluding hydrogens is 194 g/mol. The maximum Gasteiger partial charge on any atom is 0.338 e. The van der Waals surface area contributed by atoms with Crippen LogP contribution >= 0.6 is 0 Å². The molecule has 2 saturated heterocycles. The summed E-state index contributed by atoms with van der Waals surface area (Å²) in [5.41, 5.74) is -0.698. The molecule has 0 spiro atoms. The molecule has 0 amide bonds. The lowest BCUT2D eigenvalue weighted by atomic mass is 9.65. The van der Waals surface area contributed by atoms with Crippen LogP contribution in [0.15, 0.2) is 0 Å². The Kier molecular flexibility index (Phi) is 2.43. The summed E-state index contributed by atoms with van der Waals surface area (Å²) in [5.74, 6) is -0.257. The van der Waals surface area contributed by atoms with Crippen LogP contribution in [0.2, 0.25) is 0 Å². The van der Waals surface area contributed by atoms with Crippen LogP contribution in [0.4, 0.5) is 0 Å². The third kappa shape index (κ3) is 1.51. The van der Waals surface area contributed by atoms with E-state index in [-0.39, 0.29) is 11.4 Å². The number of rotatable bonds is 2. The van der Waals surface area contributed by atoms with Crippen LogP contribution in [-0.4, -0.2) is 25.3 Å². The predicted octanol–water partition coefficient (Wildman–Crippen LogP) is 1.40. The van der Waals surface area contributed by atoms with E-state index in [1.807, 2.05) is 0 Å². The minimum atomic E-state index is -0.702. The summed E-state index contributed by atoms with van der Waals surface area (Å²) >= 11 is 0. The van der Waals surface area contributed by atoms with E-state index >= 15 is 0 Å². The van der Waals surface area contributed by atoms with Gasteiger partial charge < -0.3 is 9.47 Å². The van der Waals surface area contributed by atoms with Crippen molar-refractivity contribution in [2.45, 2.75) is 37.7 Å². The fourth-order valence-corrected chi connectivity index (χ4v) is 2.61. The molecule has 0 N–H and O–H groups in total. The topological polar surface area (TPSA) is 59.3 Å². The van der Waals surface area contributed by atoms with Crippen LogP contribution in [0.3, 0.4) is 0 Å². The second-order valence-electron chi connectivity index (χ2n) is 4.61. The summed E-state index contributed by atoms with van der Waals surface area (Å²) in [4.78, 5) is 11.6. The maximum absolute atomic E-state index is 11.6. The monoisotopic (exact) mass is 209 g/mol. The first-order chi connectivity index (χ1) is 7.16. The van der Waals surface area contributed by atoms with Gasteiger partial charge in [0.2, 0.25) is 0 Å². The van der Waals surface area contributed by atoms with Crippen LogP contribution in [0.5, 0.6) is 0 Å². The van der Waals surface area contributed by atoms with Crippen LogP contribution in [0, 0.1) is 16.7 Å². The summed E-state index contributed by atoms with van der Waals surface area (Å²) in [7, 11) is 1.40. The Hall–Kier alpha value is -1.08. The molecule has 0 aromatic rings. The smallest absolute Gasteiger partial charge is 0.338 e. The SMILES string of the molecule is COC(=O)C12CCC(CC#N)(CC1)CO2. The average Bonchev–Trinajstić information content (AvgIpc) is 2.30. The van der Waals surface area contributed by atoms with Crippen molar-refractivity contribution in [1.82, 2.24) is 0 Å². The molecule has 3 rings (SSSR count). The highest BCUT2D eigenvalue weighted by molar-refractivity contribution is 5.80. The fraction of sp³-hybridized carbons (Fsp3) is 0.818. The van der Waals surface area contributed by atoms with E-state index in [9.17, 15) is 4.79 Å². The van der Waals surface area contributed by atoms with Crippen molar-refractivity contribution in [2.75, 3.05) is 13.7 Å². The summed E-state index contributed by atoms with van der Waals surface area (Å²) < 4.78 is 10.4. The molecule has 3 aliphatic rings. The second-order valence-corrected chi connectivity index (χ2v) is 4.61. The number of hydrogen-bond acceptors (Lipinski definition) is 4. The van der Waals surface area contributed by atoms with Gasteiger partial charge in [-0.05, 0) is 25.7 Å². The van der Waals surface area contributed by atoms with Gasteiger partial charge in [-0.25, -0.2) is 4.79 Å². The fourth-order valence-electron chi connectivity index (χ4n) is 2.61. The lowest BCUT2D eigenvalue weighted by molar-refractivity contribution is -0.209. The summed E-state index contributed by atoms with van der Waals surface area (Å²) in [5, 5.41) is 8.75. The van der Waals surface area contributed by atoms with Crippen molar-refractivity contribution in [2.24, 2.45) is 5.41 Å². The van der Waals surface area contributed by atoms with Crippen molar-refractivity contribution >= 4 is 5.97 Å². The summed E-state index contributed by atoms with van der Waals surface area (Å²) in [6.07, 6.45) is 3.72. The molecule has 0 aromatic carbocycles. The molecule has 15 heavy (non-hydrogen) atoms. The molecule has 0 radical (unpaired) electrons. The zero-order valence-corrected chi connectivity index (χ0v) is 8.91. The summed E-state index contributed by atoms with van der Waals surface area (Å²) in [6.45, 7) is 0.523. The molecule has 0 unspecified atom stereocenters. The van der Waals surface area contributed by atoms with Crippen LogP contribution < -0.4 is 0 Å². The van der Waals surface area contributed by atoms with Gasteiger partial charge in [0.25, 0.3) is 0 Å². The van der Waals surface area contributed by atoms with Gasteiger partial charge in [0.15, 0.2) is 5.60 Å². The number of nitrogens with zero attached hydrogens (tertiary/aromatic N) is 1. The number of hydrogen-bond donors (Lipinski definition) is 0. The van der Waals surface area contributed by atoms with Crippen LogP contribution in [0.25, 0.3) is 0 Å². The van der Waals surface area contributed by atoms with Gasteiger partial charge in [-0.15, -0.1) is 0 Å². The van der Waals surface area contributed by atoms with Gasteiger partial charge in [0.1, 0.15) is 0 Å². The lowest BCUT2D eigenvalue weighted by Gasteiger charge is -2.50. The molecule has 3 fully saturated rings. The van der Waals surface area contributed by atoms with Crippen molar-refractivity contribution in [3.8, 4) is 6.07 Å². The molecule has 4 nitrogen and oxygen atoms in total. The zero-order valence-electron chi connectivity index (χ0n) is 8.91. The van der Waals surface area contributed by atoms with Crippen LogP contribution in [-0.2, 0) is 14.3 Å². The minimum absolute atomic E-state index is 0.00449. The Labute approximate surface area is 89.2 Å². The normalized spacial score (nSPS) is 38.4. The van der Waals surface area contributed by atoms with Crippen molar-refractivity contribution in [3.05, 3.63) is 0 Å². The van der Waals surface area contributed by atoms with E-state index in [2.05, 4.69) is 6.07 Å². The van der Waals surface area contributed by atoms with E-state index in [4.69, 9.17) is 14.7 Å². The number of esters is 1. The first-order valence-electron chi connectivity index (χ1n) is 5.26. The Morgan fingerprint density at radius 1 is 1.47 bits per heavy atom. The highest BCUT2D eigenvalue weighted by Crippen LogP contribution is 2.50. The van der Waals surface area contributed by atoms with E-state index in [1.54, 1.807) is 0 Å². The van der Waals surface area contributed by atoms with Crippen molar-refractivity contribution in [3.63, 3.8) is 0 Å². The predicted molar refractivity (Wildman–Crippen MR) is 51.8 cm³/mol. The standard InChI is InChI=1S/C11H15NO3/c1-14-9(13)11-4-2-10(3-5-11,6-7-12)8-15-11/h2-6,8H2,1H3. The molecule has 4 heteroatoms. The van der Waals surface area contributed by atoms with Gasteiger partial charge in [-0.3, -0.25) is 0 Å². The second kappa shape index (κ2) is 3.49. The Morgan fingerprint density at radius 3 is 2.53 bits per heavy atom. The van der Waals surface area contributed by atoms with Crippen molar-refractivity contribution in [1.29, 1.82) is 5.26 Å². The third-order valence-electron chi connectivity index (χ3n) is 3.78. The summed E-state index contributed by atoms with van der Waals surface area (Å²) in [6, 6.07) is 2.21. The van der Waals surface area contributed by atoms with E-state index in [0.29, 0.717) is 25.9 Å². The van der Waals surface area contributed by atoms with E-state index < -0.39 is 5.60 Å². The van der Waals surface area contributed by atoms with Gasteiger partial charge in [0.05, 0.1) is 19.8 Å². The number of methoxy groups -OCH3 is 1. The molecular formula is C11H15NO3. The Bertz CT molecular complexity index is 294. The number of carbonyl (C=O) groups excluding carboxylic acids is 1. The molecule has 2 bridgehead atoms. The first-order valence-corrected chi connectivity index (χ1v) is 5.26. The molecule has 2 aliphatic heterocycles. The van der Waals surface area contributed by atoms with E-state index in [1.165, 1.54) is 7.11 Å². The van der Waals surface area contributed by atoms with E-state index in [0.717, 1.165) is 12.8 Å². The molecule has 1 aliphatic carbocycles. The molecule has 0 aromatic heterocycles. The quantitative estimate of drug-likeness (QED) is 0.645. The average molecular weight is 209 g/mol. The largest absolute Gasteiger partial charge is 0.467 e. The number of ether oxygens (including phenoxy) is 2. The molecule has 2 heterocycles. The molecule has 0 atom stereocenters. The van der Waals surface area contributed by atoms with Crippen molar-refractivity contribution < 1.29 is 14.3 Å². The third-order valence-corrected chi connectivity index (χ3v) is 3.78. The Morgan fingerprint density at radius 2 is 2.13 bits per heavy atom. The molecule has 82 valence electrons. The highest BCUT2D eigenvalue weighted by Gasteiger charge is 2.54. The Balaban J connectivity index is 2.11. The van der Waals surface area contributed by atoms with Gasteiger partial charge in [-0.1, -0.05) is 0 Å². The van der Waals surface area contributed by atoms with Gasteiger partial charge in [0, 0.05) is 11.8 Å². The van der Waals surface area contributed by atoms with Crippen LogP contribution in [0.1, 0.15) is 32.1 Å². The zero-order chi connectivity index (χ0) is 10.9. The first kappa shape index (κ1) is 10.4. The highest BCUT2D eigenvalue weighted by atomic mass is 16.6. The number of carbonyl (C=O) groups is 1. The molecule has 1 saturated carbocycles. The number of fused-ring (bicyclic) bond motifs is 3. The van der Waals surface area contributed by atoms with Gasteiger partial charge in [-0.2, -0.15) is 5.26 Å².